The molecule has 1 fully saturated rings. The molecule has 9 nitrogen and oxygen atoms in total. The molecule has 0 saturated heterocycles. The maximum Gasteiger partial charge on any atom is 0.269 e. The summed E-state index contributed by atoms with van der Waals surface area (Å²) in [5.74, 6) is -1.57. The number of nitro groups is 1. The number of nitro benzene ring substituents is 1. The summed E-state index contributed by atoms with van der Waals surface area (Å²) < 4.78 is 0. The van der Waals surface area contributed by atoms with Gasteiger partial charge in [-0.2, -0.15) is 20.2 Å². The molecule has 2 heterocycles. The maximum absolute atomic E-state index is 14.3. The Kier molecular flexibility index (Phi) is 5.24. The second kappa shape index (κ2) is 8.21. The summed E-state index contributed by atoms with van der Waals surface area (Å²) in [5.41, 5.74) is -0.633. The summed E-state index contributed by atoms with van der Waals surface area (Å²) >= 11 is 12.1. The predicted octanol–water partition coefficient (Wildman–Crippen LogP) is 5.82. The minimum atomic E-state index is -1.41. The first-order chi connectivity index (χ1) is 18.1. The quantitative estimate of drug-likeness (QED) is 0.303. The minimum Gasteiger partial charge on any atom is -0.271 e. The number of nitrogens with zero attached hydrogens (tertiary/aromatic N) is 5. The van der Waals surface area contributed by atoms with Gasteiger partial charge >= 0.3 is 0 Å². The van der Waals surface area contributed by atoms with Crippen LogP contribution in [0.3, 0.4) is 0 Å². The highest BCUT2D eigenvalue weighted by Crippen LogP contribution is 2.79. The number of anilines is 2. The molecule has 0 N–H and O–H groups in total. The van der Waals surface area contributed by atoms with Crippen LogP contribution in [0, 0.1) is 20.9 Å². The van der Waals surface area contributed by atoms with E-state index in [-0.39, 0.29) is 5.69 Å². The largest absolute Gasteiger partial charge is 0.271 e. The van der Waals surface area contributed by atoms with Crippen molar-refractivity contribution in [2.45, 2.75) is 19.8 Å². The molecule has 1 saturated carbocycles. The summed E-state index contributed by atoms with van der Waals surface area (Å²) in [5, 5.41) is 24.3. The van der Waals surface area contributed by atoms with Crippen LogP contribution in [0.15, 0.2) is 83.0 Å². The predicted molar refractivity (Wildman–Crippen MR) is 145 cm³/mol. The van der Waals surface area contributed by atoms with Crippen molar-refractivity contribution in [3.05, 3.63) is 98.5 Å². The van der Waals surface area contributed by atoms with E-state index in [1.807, 2.05) is 0 Å². The number of carbonyl (C=O) groups excluding carboxylic acids is 2. The number of fused-ring (bicyclic) bond motifs is 1. The standard InChI is InChI=1S/C27H19Cl2N5O4/c1-15-26(24(35)32(30-15)20-10-6-18(28)7-11-20)23(17-4-3-5-22(14-17)34(37)38)27(26)16(2)31-33(25(27)36)21-12-8-19(29)9-13-21/h3-14,23H,1-2H3. The average Bonchev–Trinajstić information content (AvgIpc) is 3.39. The Bertz CT molecular complexity index is 1510. The Balaban J connectivity index is 1.53. The highest BCUT2D eigenvalue weighted by atomic mass is 35.5. The normalized spacial score (nSPS) is 25.8. The summed E-state index contributed by atoms with van der Waals surface area (Å²) in [7, 11) is 0. The zero-order valence-corrected chi connectivity index (χ0v) is 21.6. The fraction of sp³-hybridized carbons (Fsp3) is 0.185. The van der Waals surface area contributed by atoms with Gasteiger partial charge in [-0.3, -0.25) is 19.7 Å². The number of hydrogen-bond donors (Lipinski definition) is 0. The number of amides is 2. The molecule has 3 aromatic rings. The van der Waals surface area contributed by atoms with Crippen molar-refractivity contribution < 1.29 is 14.5 Å². The lowest BCUT2D eigenvalue weighted by Crippen LogP contribution is -2.40. The van der Waals surface area contributed by atoms with E-state index in [1.165, 1.54) is 22.2 Å². The van der Waals surface area contributed by atoms with Gasteiger partial charge in [0.25, 0.3) is 17.5 Å². The van der Waals surface area contributed by atoms with E-state index in [9.17, 15) is 19.7 Å². The number of carbonyl (C=O) groups is 2. The molecule has 6 rings (SSSR count). The van der Waals surface area contributed by atoms with Crippen LogP contribution in [0.1, 0.15) is 25.3 Å². The summed E-state index contributed by atoms with van der Waals surface area (Å²) in [4.78, 5) is 39.8. The molecule has 0 aromatic heterocycles. The molecule has 2 amide bonds. The Morgan fingerprint density at radius 3 is 1.66 bits per heavy atom. The van der Waals surface area contributed by atoms with Crippen molar-refractivity contribution in [3.63, 3.8) is 0 Å². The van der Waals surface area contributed by atoms with Gasteiger partial charge in [0.05, 0.1) is 27.7 Å². The molecule has 0 bridgehead atoms. The lowest BCUT2D eigenvalue weighted by molar-refractivity contribution is -0.384. The molecule has 2 aliphatic heterocycles. The van der Waals surface area contributed by atoms with Crippen LogP contribution < -0.4 is 10.0 Å². The number of rotatable bonds is 4. The molecular formula is C27H19Cl2N5O4. The smallest absolute Gasteiger partial charge is 0.269 e. The number of halogens is 2. The number of hydrogen-bond acceptors (Lipinski definition) is 6. The molecule has 190 valence electrons. The highest BCUT2D eigenvalue weighted by Gasteiger charge is 2.91. The molecule has 3 aliphatic rings. The third-order valence-corrected chi connectivity index (χ3v) is 8.17. The highest BCUT2D eigenvalue weighted by molar-refractivity contribution is 6.37. The third-order valence-electron chi connectivity index (χ3n) is 7.66. The van der Waals surface area contributed by atoms with Gasteiger partial charge in [-0.15, -0.1) is 0 Å². The average molecular weight is 548 g/mol. The zero-order valence-electron chi connectivity index (χ0n) is 20.1. The van der Waals surface area contributed by atoms with E-state index in [1.54, 1.807) is 74.5 Å². The van der Waals surface area contributed by atoms with Crippen molar-refractivity contribution in [1.82, 2.24) is 0 Å². The Morgan fingerprint density at radius 2 is 1.24 bits per heavy atom. The molecule has 2 atom stereocenters. The molecule has 1 aliphatic carbocycles. The van der Waals surface area contributed by atoms with Gasteiger partial charge in [0, 0.05) is 28.1 Å². The van der Waals surface area contributed by atoms with Crippen LogP contribution in [0.4, 0.5) is 17.1 Å². The lowest BCUT2D eigenvalue weighted by Gasteiger charge is -2.19. The van der Waals surface area contributed by atoms with Gasteiger partial charge in [0.1, 0.15) is 10.8 Å². The van der Waals surface area contributed by atoms with E-state index < -0.39 is 33.5 Å². The van der Waals surface area contributed by atoms with E-state index in [0.29, 0.717) is 38.4 Å². The molecule has 0 radical (unpaired) electrons. The van der Waals surface area contributed by atoms with Crippen molar-refractivity contribution in [3.8, 4) is 0 Å². The molecular weight excluding hydrogens is 529 g/mol. The topological polar surface area (TPSA) is 108 Å². The first-order valence-corrected chi connectivity index (χ1v) is 12.5. The van der Waals surface area contributed by atoms with E-state index in [0.717, 1.165) is 0 Å². The first-order valence-electron chi connectivity index (χ1n) is 11.7. The fourth-order valence-electron chi connectivity index (χ4n) is 6.07. The van der Waals surface area contributed by atoms with Crippen LogP contribution in [0.2, 0.25) is 10.0 Å². The SMILES string of the molecule is CC1=NN(c2ccc(Cl)cc2)C(=O)C12C(c1cccc([N+](=O)[O-])c1)C21C(=O)N(c2ccc(Cl)cc2)N=C1C. The second-order valence-corrected chi connectivity index (χ2v) is 10.3. The number of hydrazone groups is 2. The van der Waals surface area contributed by atoms with Gasteiger partial charge in [-0.25, -0.2) is 0 Å². The number of benzene rings is 3. The monoisotopic (exact) mass is 547 g/mol. The molecule has 2 unspecified atom stereocenters. The van der Waals surface area contributed by atoms with Crippen LogP contribution in [-0.2, 0) is 9.59 Å². The van der Waals surface area contributed by atoms with Crippen molar-refractivity contribution >= 4 is 63.5 Å². The minimum absolute atomic E-state index is 0.135. The van der Waals surface area contributed by atoms with Crippen molar-refractivity contribution in [2.75, 3.05) is 10.0 Å². The van der Waals surface area contributed by atoms with E-state index in [2.05, 4.69) is 10.2 Å². The van der Waals surface area contributed by atoms with Gasteiger partial charge in [0.15, 0.2) is 0 Å². The lowest BCUT2D eigenvalue weighted by atomic mass is 9.85. The van der Waals surface area contributed by atoms with Gasteiger partial charge in [-0.1, -0.05) is 35.3 Å². The first kappa shape index (κ1) is 24.3. The molecule has 38 heavy (non-hydrogen) atoms. The van der Waals surface area contributed by atoms with Gasteiger partial charge in [0.2, 0.25) is 0 Å². The molecule has 2 spiro atoms. The van der Waals surface area contributed by atoms with Crippen LogP contribution >= 0.6 is 23.2 Å². The Labute approximate surface area is 227 Å². The van der Waals surface area contributed by atoms with Gasteiger partial charge in [-0.05, 0) is 67.9 Å². The van der Waals surface area contributed by atoms with Gasteiger partial charge < -0.3 is 0 Å². The summed E-state index contributed by atoms with van der Waals surface area (Å²) in [6, 6.07) is 19.3. The van der Waals surface area contributed by atoms with E-state index >= 15 is 0 Å². The van der Waals surface area contributed by atoms with Crippen LogP contribution in [0.25, 0.3) is 0 Å². The van der Waals surface area contributed by atoms with E-state index in [4.69, 9.17) is 23.2 Å². The Hall–Kier alpha value is -4.08. The molecule has 3 aromatic carbocycles. The maximum atomic E-state index is 14.3. The fourth-order valence-corrected chi connectivity index (χ4v) is 6.32. The van der Waals surface area contributed by atoms with Crippen LogP contribution in [0.5, 0.6) is 0 Å². The zero-order chi connectivity index (χ0) is 27.0. The third kappa shape index (κ3) is 3.00. The van der Waals surface area contributed by atoms with Crippen molar-refractivity contribution in [2.24, 2.45) is 21.0 Å². The summed E-state index contributed by atoms with van der Waals surface area (Å²) in [6.45, 7) is 3.41. The van der Waals surface area contributed by atoms with Crippen LogP contribution in [-0.4, -0.2) is 28.2 Å². The van der Waals surface area contributed by atoms with Crippen molar-refractivity contribution in [1.29, 1.82) is 0 Å². The second-order valence-electron chi connectivity index (χ2n) is 9.46. The summed E-state index contributed by atoms with van der Waals surface area (Å²) in [6.07, 6.45) is 0. The molecule has 11 heteroatoms. The number of non-ortho nitro benzene ring substituents is 1. The Morgan fingerprint density at radius 1 is 0.789 bits per heavy atom.